The molecule has 0 bridgehead atoms. The van der Waals surface area contributed by atoms with Crippen molar-refractivity contribution in [2.75, 3.05) is 20.3 Å². The summed E-state index contributed by atoms with van der Waals surface area (Å²) in [5.74, 6) is 1.35. The van der Waals surface area contributed by atoms with Crippen molar-refractivity contribution in [1.29, 1.82) is 0 Å². The number of aliphatic hydroxyl groups excluding tert-OH is 1. The molecule has 0 saturated carbocycles. The maximum Gasteiger partial charge on any atom is 0.161 e. The lowest BCUT2D eigenvalue weighted by Crippen LogP contribution is -2.35. The maximum atomic E-state index is 9.75. The molecule has 0 fully saturated rings. The Labute approximate surface area is 121 Å². The van der Waals surface area contributed by atoms with Gasteiger partial charge in [-0.15, -0.1) is 12.4 Å². The number of hydrogen-bond acceptors (Lipinski definition) is 4. The van der Waals surface area contributed by atoms with Crippen molar-refractivity contribution in [1.82, 2.24) is 5.32 Å². The molecule has 1 aromatic carbocycles. The zero-order valence-electron chi connectivity index (χ0n) is 12.0. The molecule has 2 N–H and O–H groups in total. The lowest BCUT2D eigenvalue weighted by molar-refractivity contribution is 0.103. The minimum atomic E-state index is -0.529. The lowest BCUT2D eigenvalue weighted by atomic mass is 10.2. The summed E-state index contributed by atoms with van der Waals surface area (Å²) in [5, 5.41) is 12.9. The highest BCUT2D eigenvalue weighted by atomic mass is 35.5. The lowest BCUT2D eigenvalue weighted by Gasteiger charge is -2.16. The number of nitrogens with one attached hydrogen (secondary N) is 1. The van der Waals surface area contributed by atoms with Crippen molar-refractivity contribution in [3.8, 4) is 11.5 Å². The van der Waals surface area contributed by atoms with E-state index in [9.17, 15) is 5.11 Å². The highest BCUT2D eigenvalue weighted by Crippen LogP contribution is 2.27. The van der Waals surface area contributed by atoms with Crippen LogP contribution in [0.2, 0.25) is 0 Å². The van der Waals surface area contributed by atoms with E-state index < -0.39 is 6.10 Å². The van der Waals surface area contributed by atoms with Gasteiger partial charge in [-0.3, -0.25) is 0 Å². The number of methoxy groups -OCH3 is 1. The fraction of sp³-hybridized carbons (Fsp3) is 0.571. The van der Waals surface area contributed by atoms with Crippen LogP contribution in [0.5, 0.6) is 11.5 Å². The zero-order valence-corrected chi connectivity index (χ0v) is 12.8. The van der Waals surface area contributed by atoms with E-state index in [4.69, 9.17) is 9.47 Å². The van der Waals surface area contributed by atoms with Crippen LogP contribution in [0.1, 0.15) is 19.4 Å². The van der Waals surface area contributed by atoms with Crippen molar-refractivity contribution in [2.24, 2.45) is 0 Å². The maximum absolute atomic E-state index is 9.75. The van der Waals surface area contributed by atoms with Gasteiger partial charge in [-0.05, 0) is 24.6 Å². The Morgan fingerprint density at radius 2 is 1.95 bits per heavy atom. The van der Waals surface area contributed by atoms with E-state index in [1.54, 1.807) is 7.11 Å². The van der Waals surface area contributed by atoms with Gasteiger partial charge in [0.1, 0.15) is 12.7 Å². The molecule has 0 amide bonds. The summed E-state index contributed by atoms with van der Waals surface area (Å²) in [6.45, 7) is 6.84. The van der Waals surface area contributed by atoms with Crippen molar-refractivity contribution in [3.05, 3.63) is 23.8 Å². The van der Waals surface area contributed by atoms with Crippen LogP contribution < -0.4 is 14.8 Å². The van der Waals surface area contributed by atoms with Crippen molar-refractivity contribution >= 4 is 12.4 Å². The molecular weight excluding hydrogens is 266 g/mol. The molecular formula is C14H24ClNO3. The van der Waals surface area contributed by atoms with Crippen molar-refractivity contribution < 1.29 is 14.6 Å². The number of aliphatic hydroxyl groups is 1. The topological polar surface area (TPSA) is 50.7 Å². The van der Waals surface area contributed by atoms with Gasteiger partial charge in [0.15, 0.2) is 11.5 Å². The highest BCUT2D eigenvalue weighted by molar-refractivity contribution is 5.85. The van der Waals surface area contributed by atoms with E-state index >= 15 is 0 Å². The second kappa shape index (κ2) is 9.02. The number of ether oxygens (including phenoxy) is 2. The first-order valence-electron chi connectivity index (χ1n) is 6.21. The monoisotopic (exact) mass is 289 g/mol. The van der Waals surface area contributed by atoms with E-state index in [0.717, 1.165) is 5.56 Å². The Balaban J connectivity index is 0.00000324. The third-order valence-electron chi connectivity index (χ3n) is 2.51. The van der Waals surface area contributed by atoms with Gasteiger partial charge in [-0.25, -0.2) is 0 Å². The fourth-order valence-corrected chi connectivity index (χ4v) is 1.51. The van der Waals surface area contributed by atoms with Gasteiger partial charge in [0.05, 0.1) is 7.11 Å². The Kier molecular flexibility index (Phi) is 8.56. The molecule has 1 aromatic rings. The molecule has 0 spiro atoms. The molecule has 1 atom stereocenters. The molecule has 0 aliphatic heterocycles. The van der Waals surface area contributed by atoms with Gasteiger partial charge in [0.25, 0.3) is 0 Å². The van der Waals surface area contributed by atoms with Crippen LogP contribution in [0.25, 0.3) is 0 Å². The fourth-order valence-electron chi connectivity index (χ4n) is 1.51. The van der Waals surface area contributed by atoms with Crippen LogP contribution in [0.3, 0.4) is 0 Å². The molecule has 0 aromatic heterocycles. The summed E-state index contributed by atoms with van der Waals surface area (Å²) in [5.41, 5.74) is 1.11. The van der Waals surface area contributed by atoms with Crippen LogP contribution in [-0.2, 0) is 0 Å². The quantitative estimate of drug-likeness (QED) is 0.808. The van der Waals surface area contributed by atoms with E-state index in [2.05, 4.69) is 5.32 Å². The van der Waals surface area contributed by atoms with Gasteiger partial charge >= 0.3 is 0 Å². The van der Waals surface area contributed by atoms with E-state index in [1.807, 2.05) is 39.0 Å². The van der Waals surface area contributed by atoms with Crippen LogP contribution in [0.4, 0.5) is 0 Å². The van der Waals surface area contributed by atoms with E-state index in [0.29, 0.717) is 24.1 Å². The smallest absolute Gasteiger partial charge is 0.161 e. The number of halogens is 1. The van der Waals surface area contributed by atoms with Gasteiger partial charge in [0.2, 0.25) is 0 Å². The Morgan fingerprint density at radius 1 is 1.26 bits per heavy atom. The van der Waals surface area contributed by atoms with Crippen LogP contribution >= 0.6 is 12.4 Å². The van der Waals surface area contributed by atoms with Crippen LogP contribution in [-0.4, -0.2) is 37.5 Å². The van der Waals surface area contributed by atoms with Crippen LogP contribution in [0, 0.1) is 6.92 Å². The first-order chi connectivity index (χ1) is 8.52. The largest absolute Gasteiger partial charge is 0.493 e. The third kappa shape index (κ3) is 6.66. The predicted molar refractivity (Wildman–Crippen MR) is 79.6 cm³/mol. The third-order valence-corrected chi connectivity index (χ3v) is 2.51. The summed E-state index contributed by atoms with van der Waals surface area (Å²) in [4.78, 5) is 0. The standard InChI is InChI=1S/C14H23NO3.ClH/c1-10(2)15-8-12(16)9-18-13-6-5-11(3)7-14(13)17-4;/h5-7,10,12,15-16H,8-9H2,1-4H3;1H. The average Bonchev–Trinajstić information content (AvgIpc) is 2.34. The summed E-state index contributed by atoms with van der Waals surface area (Å²) >= 11 is 0. The molecule has 0 aliphatic rings. The second-order valence-electron chi connectivity index (χ2n) is 4.68. The Bertz CT molecular complexity index is 372. The molecule has 0 aliphatic carbocycles. The Morgan fingerprint density at radius 3 is 2.53 bits per heavy atom. The summed E-state index contributed by atoms with van der Waals surface area (Å²) in [7, 11) is 1.61. The summed E-state index contributed by atoms with van der Waals surface area (Å²) < 4.78 is 10.8. The van der Waals surface area contributed by atoms with Gasteiger partial charge in [-0.2, -0.15) is 0 Å². The zero-order chi connectivity index (χ0) is 13.5. The summed E-state index contributed by atoms with van der Waals surface area (Å²) in [6, 6.07) is 6.08. The Hall–Kier alpha value is -0.970. The number of hydrogen-bond donors (Lipinski definition) is 2. The molecule has 110 valence electrons. The molecule has 19 heavy (non-hydrogen) atoms. The number of aryl methyl sites for hydroxylation is 1. The molecule has 0 heterocycles. The van der Waals surface area contributed by atoms with Crippen molar-refractivity contribution in [2.45, 2.75) is 32.9 Å². The summed E-state index contributed by atoms with van der Waals surface area (Å²) in [6.07, 6.45) is -0.529. The predicted octanol–water partition coefficient (Wildman–Crippen LogP) is 2.16. The first-order valence-corrected chi connectivity index (χ1v) is 6.21. The average molecular weight is 290 g/mol. The van der Waals surface area contributed by atoms with Gasteiger partial charge in [0, 0.05) is 12.6 Å². The number of benzene rings is 1. The normalized spacial score (nSPS) is 11.9. The van der Waals surface area contributed by atoms with E-state index in [1.165, 1.54) is 0 Å². The molecule has 5 heteroatoms. The first kappa shape index (κ1) is 18.0. The SMILES string of the molecule is COc1cc(C)ccc1OCC(O)CNC(C)C.Cl. The van der Waals surface area contributed by atoms with Crippen molar-refractivity contribution in [3.63, 3.8) is 0 Å². The van der Waals surface area contributed by atoms with E-state index in [-0.39, 0.29) is 19.0 Å². The van der Waals surface area contributed by atoms with Crippen LogP contribution in [0.15, 0.2) is 18.2 Å². The van der Waals surface area contributed by atoms with Gasteiger partial charge < -0.3 is 19.9 Å². The minimum absolute atomic E-state index is 0. The molecule has 0 saturated heterocycles. The molecule has 1 unspecified atom stereocenters. The molecule has 0 radical (unpaired) electrons. The highest BCUT2D eigenvalue weighted by Gasteiger charge is 2.09. The van der Waals surface area contributed by atoms with Gasteiger partial charge in [-0.1, -0.05) is 19.9 Å². The minimum Gasteiger partial charge on any atom is -0.493 e. The molecule has 1 rings (SSSR count). The number of rotatable bonds is 7. The molecule has 4 nitrogen and oxygen atoms in total. The second-order valence-corrected chi connectivity index (χ2v) is 4.68.